The number of pyridine rings is 1. The normalized spacial score (nSPS) is 14.4. The quantitative estimate of drug-likeness (QED) is 0.524. The Labute approximate surface area is 186 Å². The highest BCUT2D eigenvalue weighted by Gasteiger charge is 2.24. The van der Waals surface area contributed by atoms with E-state index in [1.54, 1.807) is 35.3 Å². The van der Waals surface area contributed by atoms with Gasteiger partial charge in [0, 0.05) is 50.1 Å². The SMILES string of the molecule is O=C(Oc1ccc(CCOc2ccncc2)cc1)N1CCC(CSc2ncc[nH]2)CC1. The first-order chi connectivity index (χ1) is 15.3. The molecule has 1 aromatic carbocycles. The molecule has 1 aliphatic heterocycles. The number of piperidine rings is 1. The van der Waals surface area contributed by atoms with Crippen LogP contribution >= 0.6 is 11.8 Å². The molecule has 0 aliphatic carbocycles. The standard InChI is InChI=1S/C23H26N4O3S/c28-23(27-14-7-19(8-15-27)17-31-22-25-12-13-26-22)30-21-3-1-18(2-4-21)9-16-29-20-5-10-24-11-6-20/h1-6,10-13,19H,7-9,14-17H2,(H,25,26). The highest BCUT2D eigenvalue weighted by atomic mass is 32.2. The van der Waals surface area contributed by atoms with Crippen LogP contribution in [0, 0.1) is 5.92 Å². The highest BCUT2D eigenvalue weighted by Crippen LogP contribution is 2.25. The molecule has 3 aromatic rings. The Morgan fingerprint density at radius 3 is 2.55 bits per heavy atom. The molecule has 31 heavy (non-hydrogen) atoms. The minimum Gasteiger partial charge on any atom is -0.493 e. The summed E-state index contributed by atoms with van der Waals surface area (Å²) < 4.78 is 11.3. The first-order valence-corrected chi connectivity index (χ1v) is 11.5. The number of thioether (sulfide) groups is 1. The molecular formula is C23H26N4O3S. The summed E-state index contributed by atoms with van der Waals surface area (Å²) in [6.45, 7) is 2.04. The zero-order valence-corrected chi connectivity index (χ0v) is 18.1. The molecule has 0 radical (unpaired) electrons. The molecule has 0 spiro atoms. The lowest BCUT2D eigenvalue weighted by atomic mass is 9.99. The van der Waals surface area contributed by atoms with Crippen LogP contribution in [0.5, 0.6) is 11.5 Å². The van der Waals surface area contributed by atoms with Crippen LogP contribution in [0.4, 0.5) is 4.79 Å². The van der Waals surface area contributed by atoms with E-state index in [0.29, 0.717) is 18.3 Å². The minimum atomic E-state index is -0.272. The number of aromatic amines is 1. The van der Waals surface area contributed by atoms with Crippen LogP contribution in [-0.2, 0) is 6.42 Å². The molecule has 0 saturated carbocycles. The van der Waals surface area contributed by atoms with Gasteiger partial charge in [-0.1, -0.05) is 23.9 Å². The fourth-order valence-corrected chi connectivity index (χ4v) is 4.43. The molecule has 4 rings (SSSR count). The Morgan fingerprint density at radius 2 is 1.84 bits per heavy atom. The Hall–Kier alpha value is -3.00. The predicted molar refractivity (Wildman–Crippen MR) is 120 cm³/mol. The van der Waals surface area contributed by atoms with E-state index < -0.39 is 0 Å². The fraction of sp³-hybridized carbons (Fsp3) is 0.348. The van der Waals surface area contributed by atoms with Gasteiger partial charge in [0.2, 0.25) is 0 Å². The van der Waals surface area contributed by atoms with Gasteiger partial charge in [0.25, 0.3) is 0 Å². The third kappa shape index (κ3) is 6.49. The lowest BCUT2D eigenvalue weighted by Crippen LogP contribution is -2.40. The van der Waals surface area contributed by atoms with Gasteiger partial charge in [-0.05, 0) is 48.6 Å². The molecule has 0 atom stereocenters. The van der Waals surface area contributed by atoms with E-state index in [-0.39, 0.29) is 6.09 Å². The van der Waals surface area contributed by atoms with Crippen LogP contribution in [0.1, 0.15) is 18.4 Å². The second-order valence-electron chi connectivity index (χ2n) is 7.43. The van der Waals surface area contributed by atoms with Gasteiger partial charge in [0.15, 0.2) is 5.16 Å². The number of likely N-dealkylation sites (tertiary alicyclic amines) is 1. The molecule has 1 N–H and O–H groups in total. The maximum atomic E-state index is 12.5. The van der Waals surface area contributed by atoms with Crippen molar-refractivity contribution in [3.63, 3.8) is 0 Å². The van der Waals surface area contributed by atoms with Crippen LogP contribution in [0.2, 0.25) is 0 Å². The Kier molecular flexibility index (Phi) is 7.44. The number of carbonyl (C=O) groups excluding carboxylic acids is 1. The summed E-state index contributed by atoms with van der Waals surface area (Å²) in [5, 5.41) is 0.953. The fourth-order valence-electron chi connectivity index (χ4n) is 3.42. The number of nitrogens with one attached hydrogen (secondary N) is 1. The number of nitrogens with zero attached hydrogens (tertiary/aromatic N) is 3. The predicted octanol–water partition coefficient (Wildman–Crippen LogP) is 4.43. The van der Waals surface area contributed by atoms with Gasteiger partial charge in [0.1, 0.15) is 11.5 Å². The van der Waals surface area contributed by atoms with Crippen LogP contribution in [0.25, 0.3) is 0 Å². The summed E-state index contributed by atoms with van der Waals surface area (Å²) in [7, 11) is 0. The van der Waals surface area contributed by atoms with Gasteiger partial charge in [-0.15, -0.1) is 0 Å². The summed E-state index contributed by atoms with van der Waals surface area (Å²) in [6, 6.07) is 11.3. The lowest BCUT2D eigenvalue weighted by Gasteiger charge is -2.30. The van der Waals surface area contributed by atoms with Crippen molar-refractivity contribution in [3.8, 4) is 11.5 Å². The van der Waals surface area contributed by atoms with E-state index in [2.05, 4.69) is 15.0 Å². The number of H-pyrrole nitrogens is 1. The van der Waals surface area contributed by atoms with E-state index in [4.69, 9.17) is 9.47 Å². The Balaban J connectivity index is 1.16. The summed E-state index contributed by atoms with van der Waals surface area (Å²) >= 11 is 1.74. The van der Waals surface area contributed by atoms with Crippen molar-refractivity contribution in [2.75, 3.05) is 25.4 Å². The largest absolute Gasteiger partial charge is 0.493 e. The monoisotopic (exact) mass is 438 g/mol. The van der Waals surface area contributed by atoms with Gasteiger partial charge >= 0.3 is 6.09 Å². The first kappa shape index (κ1) is 21.2. The third-order valence-corrected chi connectivity index (χ3v) is 6.37. The van der Waals surface area contributed by atoms with Crippen LogP contribution in [-0.4, -0.2) is 51.4 Å². The summed E-state index contributed by atoms with van der Waals surface area (Å²) in [6.07, 6.45) is 9.50. The van der Waals surface area contributed by atoms with E-state index in [1.807, 2.05) is 42.6 Å². The number of imidazole rings is 1. The maximum absolute atomic E-state index is 12.5. The number of aromatic nitrogens is 3. The van der Waals surface area contributed by atoms with Crippen molar-refractivity contribution in [1.29, 1.82) is 0 Å². The van der Waals surface area contributed by atoms with Crippen molar-refractivity contribution >= 4 is 17.9 Å². The van der Waals surface area contributed by atoms with Gasteiger partial charge in [-0.25, -0.2) is 9.78 Å². The van der Waals surface area contributed by atoms with Crippen molar-refractivity contribution in [2.24, 2.45) is 5.92 Å². The van der Waals surface area contributed by atoms with Gasteiger partial charge < -0.3 is 19.4 Å². The number of carbonyl (C=O) groups is 1. The average molecular weight is 439 g/mol. The molecule has 1 amide bonds. The number of ether oxygens (including phenoxy) is 2. The molecule has 0 unspecified atom stereocenters. The average Bonchev–Trinajstić information content (AvgIpc) is 3.34. The molecule has 8 heteroatoms. The zero-order chi connectivity index (χ0) is 21.3. The molecule has 1 aliphatic rings. The smallest absolute Gasteiger partial charge is 0.415 e. The molecule has 1 fully saturated rings. The molecule has 162 valence electrons. The number of benzene rings is 1. The molecule has 2 aromatic heterocycles. The van der Waals surface area contributed by atoms with Crippen LogP contribution in [0.3, 0.4) is 0 Å². The number of hydrogen-bond acceptors (Lipinski definition) is 6. The molecule has 3 heterocycles. The number of hydrogen-bond donors (Lipinski definition) is 1. The number of rotatable bonds is 8. The van der Waals surface area contributed by atoms with Gasteiger partial charge in [0.05, 0.1) is 6.61 Å². The van der Waals surface area contributed by atoms with Crippen molar-refractivity contribution in [1.82, 2.24) is 19.9 Å². The second kappa shape index (κ2) is 10.9. The van der Waals surface area contributed by atoms with Crippen molar-refractivity contribution in [2.45, 2.75) is 24.4 Å². The Bertz CT molecular complexity index is 927. The molecule has 1 saturated heterocycles. The summed E-state index contributed by atoms with van der Waals surface area (Å²) in [5.41, 5.74) is 1.13. The topological polar surface area (TPSA) is 80.3 Å². The summed E-state index contributed by atoms with van der Waals surface area (Å²) in [5.74, 6) is 2.99. The van der Waals surface area contributed by atoms with E-state index in [0.717, 1.165) is 54.6 Å². The maximum Gasteiger partial charge on any atom is 0.415 e. The molecule has 0 bridgehead atoms. The zero-order valence-electron chi connectivity index (χ0n) is 17.3. The minimum absolute atomic E-state index is 0.272. The van der Waals surface area contributed by atoms with E-state index in [9.17, 15) is 4.79 Å². The van der Waals surface area contributed by atoms with Crippen LogP contribution in [0.15, 0.2) is 66.3 Å². The van der Waals surface area contributed by atoms with Crippen LogP contribution < -0.4 is 9.47 Å². The van der Waals surface area contributed by atoms with Gasteiger partial charge in [-0.2, -0.15) is 0 Å². The van der Waals surface area contributed by atoms with E-state index in [1.165, 1.54) is 0 Å². The first-order valence-electron chi connectivity index (χ1n) is 10.5. The molecular weight excluding hydrogens is 412 g/mol. The lowest BCUT2D eigenvalue weighted by molar-refractivity contribution is 0.134. The van der Waals surface area contributed by atoms with Crippen molar-refractivity contribution in [3.05, 3.63) is 66.7 Å². The third-order valence-electron chi connectivity index (χ3n) is 5.24. The Morgan fingerprint density at radius 1 is 1.06 bits per heavy atom. The van der Waals surface area contributed by atoms with E-state index >= 15 is 0 Å². The summed E-state index contributed by atoms with van der Waals surface area (Å²) in [4.78, 5) is 25.6. The number of amides is 1. The highest BCUT2D eigenvalue weighted by molar-refractivity contribution is 7.99. The molecule has 7 nitrogen and oxygen atoms in total. The van der Waals surface area contributed by atoms with Crippen molar-refractivity contribution < 1.29 is 14.3 Å². The van der Waals surface area contributed by atoms with Gasteiger partial charge in [-0.3, -0.25) is 4.98 Å². The second-order valence-corrected chi connectivity index (χ2v) is 8.44.